The third kappa shape index (κ3) is 4.54. The number of thiophene rings is 1. The maximum atomic E-state index is 13.6. The summed E-state index contributed by atoms with van der Waals surface area (Å²) in [5, 5.41) is 9.08. The zero-order valence-corrected chi connectivity index (χ0v) is 21.0. The number of carbonyl (C=O) groups excluding carboxylic acids is 2. The van der Waals surface area contributed by atoms with Crippen molar-refractivity contribution < 1.29 is 9.59 Å². The third-order valence-corrected chi connectivity index (χ3v) is 9.36. The minimum absolute atomic E-state index is 0.110. The molecule has 2 amide bonds. The van der Waals surface area contributed by atoms with Gasteiger partial charge in [-0.2, -0.15) is 0 Å². The number of rotatable bonds is 4. The highest BCUT2D eigenvalue weighted by Gasteiger charge is 2.48. The molecule has 33 heavy (non-hydrogen) atoms. The predicted molar refractivity (Wildman–Crippen MR) is 132 cm³/mol. The lowest BCUT2D eigenvalue weighted by molar-refractivity contribution is -0.131. The van der Waals surface area contributed by atoms with Gasteiger partial charge in [0.1, 0.15) is 10.5 Å². The van der Waals surface area contributed by atoms with Crippen LogP contribution in [0.3, 0.4) is 0 Å². The van der Waals surface area contributed by atoms with Crippen molar-refractivity contribution in [3.63, 3.8) is 0 Å². The van der Waals surface area contributed by atoms with Gasteiger partial charge in [-0.05, 0) is 56.9 Å². The average Bonchev–Trinajstić information content (AvgIpc) is 3.44. The van der Waals surface area contributed by atoms with Crippen molar-refractivity contribution in [2.45, 2.75) is 95.3 Å². The molecular formula is C25H39N5O2S. The van der Waals surface area contributed by atoms with Gasteiger partial charge in [-0.3, -0.25) is 19.5 Å². The maximum absolute atomic E-state index is 13.6. The van der Waals surface area contributed by atoms with Crippen LogP contribution in [0, 0.1) is 0 Å². The van der Waals surface area contributed by atoms with E-state index in [4.69, 9.17) is 0 Å². The summed E-state index contributed by atoms with van der Waals surface area (Å²) < 4.78 is 0. The van der Waals surface area contributed by atoms with Crippen LogP contribution in [0.1, 0.15) is 77.2 Å². The molecule has 1 aromatic rings. The van der Waals surface area contributed by atoms with Gasteiger partial charge in [-0.1, -0.05) is 19.3 Å². The van der Waals surface area contributed by atoms with Gasteiger partial charge < -0.3 is 10.2 Å². The number of hydrazine groups is 1. The first-order valence-electron chi connectivity index (χ1n) is 12.9. The van der Waals surface area contributed by atoms with E-state index in [2.05, 4.69) is 39.0 Å². The van der Waals surface area contributed by atoms with Crippen LogP contribution >= 0.6 is 11.3 Å². The molecule has 1 aromatic heterocycles. The molecule has 0 radical (unpaired) electrons. The van der Waals surface area contributed by atoms with E-state index >= 15 is 0 Å². The molecule has 0 bridgehead atoms. The quantitative estimate of drug-likeness (QED) is 0.703. The SMILES string of the molecule is CC(=O)N1CCN([C@H]2CC[C@H](NC(=O)C3(C)NN(C4CCCCC4)c4sccc43)CC2)CC1. The monoisotopic (exact) mass is 473 g/mol. The first-order valence-corrected chi connectivity index (χ1v) is 13.8. The maximum Gasteiger partial charge on any atom is 0.246 e. The highest BCUT2D eigenvalue weighted by molar-refractivity contribution is 7.14. The molecule has 0 spiro atoms. The molecule has 1 unspecified atom stereocenters. The van der Waals surface area contributed by atoms with Crippen LogP contribution in [0.15, 0.2) is 11.4 Å². The smallest absolute Gasteiger partial charge is 0.246 e. The molecule has 3 heterocycles. The van der Waals surface area contributed by atoms with Crippen LogP contribution in [-0.2, 0) is 15.1 Å². The summed E-state index contributed by atoms with van der Waals surface area (Å²) in [5.74, 6) is 0.296. The lowest BCUT2D eigenvalue weighted by Gasteiger charge is -2.42. The zero-order valence-electron chi connectivity index (χ0n) is 20.1. The van der Waals surface area contributed by atoms with Crippen molar-refractivity contribution in [1.29, 1.82) is 0 Å². The third-order valence-electron chi connectivity index (χ3n) is 8.45. The predicted octanol–water partition coefficient (Wildman–Crippen LogP) is 3.21. The highest BCUT2D eigenvalue weighted by Crippen LogP contribution is 2.44. The topological polar surface area (TPSA) is 67.9 Å². The molecule has 5 rings (SSSR count). The molecular weight excluding hydrogens is 434 g/mol. The Hall–Kier alpha value is -1.64. The molecule has 1 saturated heterocycles. The number of fused-ring (bicyclic) bond motifs is 1. The second-order valence-corrected chi connectivity index (χ2v) is 11.5. The van der Waals surface area contributed by atoms with Gasteiger partial charge in [0.15, 0.2) is 0 Å². The lowest BCUT2D eigenvalue weighted by atomic mass is 9.88. The number of carbonyl (C=O) groups is 2. The van der Waals surface area contributed by atoms with Gasteiger partial charge in [0.05, 0.1) is 0 Å². The Labute approximate surface area is 201 Å². The fraction of sp³-hybridized carbons (Fsp3) is 0.760. The van der Waals surface area contributed by atoms with Crippen molar-refractivity contribution in [1.82, 2.24) is 20.5 Å². The van der Waals surface area contributed by atoms with E-state index in [9.17, 15) is 9.59 Å². The van der Waals surface area contributed by atoms with Gasteiger partial charge in [-0.15, -0.1) is 11.3 Å². The van der Waals surface area contributed by atoms with Gasteiger partial charge >= 0.3 is 0 Å². The molecule has 2 N–H and O–H groups in total. The van der Waals surface area contributed by atoms with E-state index in [0.717, 1.165) is 57.4 Å². The fourth-order valence-electron chi connectivity index (χ4n) is 6.31. The number of piperazine rings is 1. The summed E-state index contributed by atoms with van der Waals surface area (Å²) in [4.78, 5) is 29.7. The zero-order chi connectivity index (χ0) is 23.0. The van der Waals surface area contributed by atoms with E-state index in [1.165, 1.54) is 37.1 Å². The molecule has 4 aliphatic rings. The molecule has 182 valence electrons. The molecule has 2 aliphatic carbocycles. The summed E-state index contributed by atoms with van der Waals surface area (Å²) in [7, 11) is 0. The molecule has 7 nitrogen and oxygen atoms in total. The molecule has 3 fully saturated rings. The van der Waals surface area contributed by atoms with Gasteiger partial charge in [0, 0.05) is 56.8 Å². The van der Waals surface area contributed by atoms with Crippen LogP contribution in [0.25, 0.3) is 0 Å². The highest BCUT2D eigenvalue weighted by atomic mass is 32.1. The van der Waals surface area contributed by atoms with Crippen molar-refractivity contribution in [2.75, 3.05) is 31.2 Å². The Morgan fingerprint density at radius 2 is 1.70 bits per heavy atom. The minimum Gasteiger partial charge on any atom is -0.351 e. The van der Waals surface area contributed by atoms with Crippen molar-refractivity contribution in [2.24, 2.45) is 0 Å². The second-order valence-electron chi connectivity index (χ2n) is 10.6. The Kier molecular flexibility index (Phi) is 6.69. The van der Waals surface area contributed by atoms with E-state index in [1.807, 2.05) is 4.90 Å². The van der Waals surface area contributed by atoms with Crippen molar-refractivity contribution >= 4 is 28.2 Å². The molecule has 2 saturated carbocycles. The Balaban J connectivity index is 1.16. The van der Waals surface area contributed by atoms with Crippen LogP contribution < -0.4 is 15.8 Å². The van der Waals surface area contributed by atoms with Crippen molar-refractivity contribution in [3.05, 3.63) is 17.0 Å². The van der Waals surface area contributed by atoms with Crippen molar-refractivity contribution in [3.8, 4) is 0 Å². The number of anilines is 1. The summed E-state index contributed by atoms with van der Waals surface area (Å²) in [6.07, 6.45) is 10.6. The summed E-state index contributed by atoms with van der Waals surface area (Å²) >= 11 is 1.75. The standard InChI is InChI=1S/C25H39N5O2S/c1-18(31)28-13-15-29(16-14-28)20-10-8-19(9-11-20)26-24(32)25(2)22-12-17-33-23(22)30(27-25)21-6-4-3-5-7-21/h12,17,19-21,27H,3-11,13-16H2,1-2H3,(H,26,32)/t19-,20-,25?. The van der Waals surface area contributed by atoms with Crippen LogP contribution in [0.5, 0.6) is 0 Å². The normalized spacial score (nSPS) is 31.5. The summed E-state index contributed by atoms with van der Waals surface area (Å²) in [5.41, 5.74) is 4.08. The Bertz CT molecular complexity index is 853. The molecule has 8 heteroatoms. The van der Waals surface area contributed by atoms with E-state index < -0.39 is 5.54 Å². The van der Waals surface area contributed by atoms with E-state index in [-0.39, 0.29) is 17.9 Å². The van der Waals surface area contributed by atoms with Crippen LogP contribution in [0.4, 0.5) is 5.00 Å². The van der Waals surface area contributed by atoms with E-state index in [0.29, 0.717) is 12.1 Å². The summed E-state index contributed by atoms with van der Waals surface area (Å²) in [6.45, 7) is 7.35. The summed E-state index contributed by atoms with van der Waals surface area (Å²) in [6, 6.07) is 3.45. The number of hydrogen-bond donors (Lipinski definition) is 2. The Morgan fingerprint density at radius 3 is 2.36 bits per heavy atom. The average molecular weight is 474 g/mol. The molecule has 2 aliphatic heterocycles. The lowest BCUT2D eigenvalue weighted by Crippen LogP contribution is -2.58. The fourth-order valence-corrected chi connectivity index (χ4v) is 7.35. The molecule has 0 aromatic carbocycles. The van der Waals surface area contributed by atoms with Gasteiger partial charge in [0.25, 0.3) is 0 Å². The Morgan fingerprint density at radius 1 is 1.00 bits per heavy atom. The molecule has 1 atom stereocenters. The second kappa shape index (κ2) is 9.55. The largest absolute Gasteiger partial charge is 0.351 e. The first-order chi connectivity index (χ1) is 16.0. The van der Waals surface area contributed by atoms with Crippen LogP contribution in [-0.4, -0.2) is 65.9 Å². The first kappa shape index (κ1) is 23.1. The van der Waals surface area contributed by atoms with E-state index in [1.54, 1.807) is 18.3 Å². The van der Waals surface area contributed by atoms with Crippen LogP contribution in [0.2, 0.25) is 0 Å². The minimum atomic E-state index is -0.688. The number of nitrogens with zero attached hydrogens (tertiary/aromatic N) is 3. The van der Waals surface area contributed by atoms with Gasteiger partial charge in [0.2, 0.25) is 11.8 Å². The van der Waals surface area contributed by atoms with Gasteiger partial charge in [-0.25, -0.2) is 5.43 Å². The number of amides is 2. The number of nitrogens with one attached hydrogen (secondary N) is 2. The number of hydrogen-bond acceptors (Lipinski definition) is 6.